The molecule has 0 spiro atoms. The zero-order chi connectivity index (χ0) is 13.7. The molecule has 106 valence electrons. The number of benzene rings is 1. The van der Waals surface area contributed by atoms with Gasteiger partial charge in [-0.05, 0) is 49.4 Å². The summed E-state index contributed by atoms with van der Waals surface area (Å²) in [5, 5.41) is 13.8. The lowest BCUT2D eigenvalue weighted by Gasteiger charge is -2.26. The second kappa shape index (κ2) is 7.16. The van der Waals surface area contributed by atoms with Crippen molar-refractivity contribution in [1.29, 1.82) is 0 Å². The molecule has 2 atom stereocenters. The maximum atomic E-state index is 9.72. The van der Waals surface area contributed by atoms with E-state index in [2.05, 4.69) is 12.2 Å². The number of hydrogen-bond donors (Lipinski definition) is 2. The van der Waals surface area contributed by atoms with E-state index in [-0.39, 0.29) is 0 Å². The Morgan fingerprint density at radius 2 is 2.21 bits per heavy atom. The first-order valence-corrected chi connectivity index (χ1v) is 7.71. The summed E-state index contributed by atoms with van der Waals surface area (Å²) in [5.41, 5.74) is 0.879. The van der Waals surface area contributed by atoms with Crippen LogP contribution < -0.4 is 5.32 Å². The molecule has 1 aromatic carbocycles. The fraction of sp³-hybridized carbons (Fsp3) is 0.625. The van der Waals surface area contributed by atoms with E-state index in [0.29, 0.717) is 17.3 Å². The predicted octanol–water partition coefficient (Wildman–Crippen LogP) is 4.35. The Bertz CT molecular complexity index is 408. The van der Waals surface area contributed by atoms with Crippen LogP contribution in [0, 0.1) is 11.8 Å². The molecular weight excluding hydrogens is 258 g/mol. The van der Waals surface area contributed by atoms with Gasteiger partial charge in [-0.15, -0.1) is 0 Å². The quantitative estimate of drug-likeness (QED) is 0.787. The summed E-state index contributed by atoms with van der Waals surface area (Å²) >= 11 is 5.93. The van der Waals surface area contributed by atoms with Gasteiger partial charge < -0.3 is 10.4 Å². The third-order valence-corrected chi connectivity index (χ3v) is 4.37. The monoisotopic (exact) mass is 281 g/mol. The van der Waals surface area contributed by atoms with E-state index < -0.39 is 0 Å². The van der Waals surface area contributed by atoms with E-state index in [1.165, 1.54) is 32.1 Å². The molecule has 2 nitrogen and oxygen atoms in total. The first-order valence-electron chi connectivity index (χ1n) is 7.33. The molecular formula is C16H24ClNO. The van der Waals surface area contributed by atoms with Crippen molar-refractivity contribution >= 4 is 11.6 Å². The molecule has 1 fully saturated rings. The third-order valence-electron chi connectivity index (χ3n) is 4.13. The fourth-order valence-electron chi connectivity index (χ4n) is 3.05. The van der Waals surface area contributed by atoms with Crippen LogP contribution in [0.15, 0.2) is 18.2 Å². The molecule has 0 amide bonds. The number of halogens is 1. The van der Waals surface area contributed by atoms with Crippen molar-refractivity contribution in [3.8, 4) is 5.75 Å². The van der Waals surface area contributed by atoms with Crippen molar-refractivity contribution in [2.45, 2.75) is 45.6 Å². The van der Waals surface area contributed by atoms with Crippen molar-refractivity contribution in [2.24, 2.45) is 11.8 Å². The third kappa shape index (κ3) is 4.70. The van der Waals surface area contributed by atoms with Crippen molar-refractivity contribution in [1.82, 2.24) is 5.32 Å². The second-order valence-corrected chi connectivity index (χ2v) is 6.31. The summed E-state index contributed by atoms with van der Waals surface area (Å²) < 4.78 is 0. The van der Waals surface area contributed by atoms with Gasteiger partial charge in [0.05, 0.1) is 0 Å². The second-order valence-electron chi connectivity index (χ2n) is 5.88. The lowest BCUT2D eigenvalue weighted by atomic mass is 9.81. The van der Waals surface area contributed by atoms with Gasteiger partial charge in [0.1, 0.15) is 5.75 Å². The van der Waals surface area contributed by atoms with Crippen LogP contribution in [0.1, 0.15) is 44.6 Å². The molecule has 0 aliphatic heterocycles. The Labute approximate surface area is 121 Å². The highest BCUT2D eigenvalue weighted by molar-refractivity contribution is 6.30. The molecule has 1 aliphatic rings. The lowest BCUT2D eigenvalue weighted by Crippen LogP contribution is -2.21. The number of rotatable bonds is 5. The first kappa shape index (κ1) is 14.7. The topological polar surface area (TPSA) is 32.3 Å². The van der Waals surface area contributed by atoms with Crippen molar-refractivity contribution in [3.05, 3.63) is 28.8 Å². The molecule has 0 radical (unpaired) electrons. The molecule has 0 bridgehead atoms. The Kier molecular flexibility index (Phi) is 5.53. The molecule has 1 aromatic rings. The zero-order valence-corrected chi connectivity index (χ0v) is 12.4. The summed E-state index contributed by atoms with van der Waals surface area (Å²) in [6, 6.07) is 5.19. The van der Waals surface area contributed by atoms with Gasteiger partial charge in [0.25, 0.3) is 0 Å². The maximum absolute atomic E-state index is 9.72. The summed E-state index contributed by atoms with van der Waals surface area (Å²) in [4.78, 5) is 0. The van der Waals surface area contributed by atoms with Crippen LogP contribution >= 0.6 is 11.6 Å². The van der Waals surface area contributed by atoms with Crippen molar-refractivity contribution < 1.29 is 5.11 Å². The van der Waals surface area contributed by atoms with E-state index in [1.807, 2.05) is 6.07 Å². The SMILES string of the molecule is CC1CCCC(CCNCc2cc(Cl)ccc2O)C1. The molecule has 2 unspecified atom stereocenters. The number of aromatic hydroxyl groups is 1. The Morgan fingerprint density at radius 1 is 1.37 bits per heavy atom. The van der Waals surface area contributed by atoms with E-state index in [0.717, 1.165) is 23.9 Å². The van der Waals surface area contributed by atoms with E-state index >= 15 is 0 Å². The average Bonchev–Trinajstić information content (AvgIpc) is 2.39. The highest BCUT2D eigenvalue weighted by Crippen LogP contribution is 2.30. The molecule has 2 N–H and O–H groups in total. The van der Waals surface area contributed by atoms with E-state index in [4.69, 9.17) is 11.6 Å². The van der Waals surface area contributed by atoms with Crippen molar-refractivity contribution in [2.75, 3.05) is 6.54 Å². The number of hydrogen-bond acceptors (Lipinski definition) is 2. The standard InChI is InChI=1S/C16H24ClNO/c1-12-3-2-4-13(9-12)7-8-18-11-14-10-15(17)5-6-16(14)19/h5-6,10,12-13,18-19H,2-4,7-9,11H2,1H3. The lowest BCUT2D eigenvalue weighted by molar-refractivity contribution is 0.267. The zero-order valence-electron chi connectivity index (χ0n) is 11.7. The van der Waals surface area contributed by atoms with Crippen LogP contribution in [0.25, 0.3) is 0 Å². The van der Waals surface area contributed by atoms with Gasteiger partial charge in [-0.1, -0.05) is 37.8 Å². The summed E-state index contributed by atoms with van der Waals surface area (Å²) in [6.45, 7) is 4.07. The van der Waals surface area contributed by atoms with Crippen molar-refractivity contribution in [3.63, 3.8) is 0 Å². The molecule has 3 heteroatoms. The predicted molar refractivity (Wildman–Crippen MR) is 80.6 cm³/mol. The highest BCUT2D eigenvalue weighted by atomic mass is 35.5. The minimum Gasteiger partial charge on any atom is -0.508 e. The highest BCUT2D eigenvalue weighted by Gasteiger charge is 2.18. The molecule has 1 aliphatic carbocycles. The van der Waals surface area contributed by atoms with E-state index in [9.17, 15) is 5.11 Å². The van der Waals surface area contributed by atoms with Gasteiger partial charge in [0.2, 0.25) is 0 Å². The van der Waals surface area contributed by atoms with Gasteiger partial charge in [-0.25, -0.2) is 0 Å². The smallest absolute Gasteiger partial charge is 0.120 e. The molecule has 0 heterocycles. The first-order chi connectivity index (χ1) is 9.15. The fourth-order valence-corrected chi connectivity index (χ4v) is 3.24. The van der Waals surface area contributed by atoms with Crippen LogP contribution in [0.4, 0.5) is 0 Å². The molecule has 2 rings (SSSR count). The minimum absolute atomic E-state index is 0.322. The maximum Gasteiger partial charge on any atom is 0.120 e. The normalized spacial score (nSPS) is 23.5. The number of phenols is 1. The van der Waals surface area contributed by atoms with Crippen LogP contribution in [0.5, 0.6) is 5.75 Å². The van der Waals surface area contributed by atoms with Crippen LogP contribution in [-0.4, -0.2) is 11.7 Å². The number of nitrogens with one attached hydrogen (secondary N) is 1. The van der Waals surface area contributed by atoms with Crippen LogP contribution in [-0.2, 0) is 6.54 Å². The van der Waals surface area contributed by atoms with Crippen LogP contribution in [0.3, 0.4) is 0 Å². The average molecular weight is 282 g/mol. The Balaban J connectivity index is 1.70. The van der Waals surface area contributed by atoms with Gasteiger partial charge in [-0.3, -0.25) is 0 Å². The van der Waals surface area contributed by atoms with E-state index in [1.54, 1.807) is 12.1 Å². The summed E-state index contributed by atoms with van der Waals surface area (Å²) in [5.74, 6) is 2.10. The largest absolute Gasteiger partial charge is 0.508 e. The Morgan fingerprint density at radius 3 is 3.00 bits per heavy atom. The Hall–Kier alpha value is -0.730. The molecule has 0 saturated heterocycles. The number of phenolic OH excluding ortho intramolecular Hbond substituents is 1. The molecule has 19 heavy (non-hydrogen) atoms. The van der Waals surface area contributed by atoms with Gasteiger partial charge >= 0.3 is 0 Å². The summed E-state index contributed by atoms with van der Waals surface area (Å²) in [7, 11) is 0. The minimum atomic E-state index is 0.322. The summed E-state index contributed by atoms with van der Waals surface area (Å²) in [6.07, 6.45) is 6.80. The molecule has 0 aromatic heterocycles. The molecule has 1 saturated carbocycles. The van der Waals surface area contributed by atoms with Gasteiger partial charge in [0, 0.05) is 17.1 Å². The van der Waals surface area contributed by atoms with Gasteiger partial charge in [0.15, 0.2) is 0 Å². The van der Waals surface area contributed by atoms with Crippen LogP contribution in [0.2, 0.25) is 5.02 Å². The van der Waals surface area contributed by atoms with Gasteiger partial charge in [-0.2, -0.15) is 0 Å².